The second kappa shape index (κ2) is 7.17. The molecule has 0 aromatic heterocycles. The molecule has 3 rings (SSSR count). The van der Waals surface area contributed by atoms with E-state index >= 15 is 4.39 Å². The van der Waals surface area contributed by atoms with E-state index in [-0.39, 0.29) is 19.0 Å². The summed E-state index contributed by atoms with van der Waals surface area (Å²) < 4.78 is 20.5. The summed E-state index contributed by atoms with van der Waals surface area (Å²) in [6, 6.07) is 8.63. The maximum absolute atomic E-state index is 15.2. The molecule has 2 heterocycles. The van der Waals surface area contributed by atoms with Crippen LogP contribution < -0.4 is 5.32 Å². The van der Waals surface area contributed by atoms with Crippen molar-refractivity contribution in [2.75, 3.05) is 44.7 Å². The summed E-state index contributed by atoms with van der Waals surface area (Å²) in [4.78, 5) is 27.8. The molecule has 24 heavy (non-hydrogen) atoms. The maximum atomic E-state index is 15.2. The summed E-state index contributed by atoms with van der Waals surface area (Å²) in [5.74, 6) is -0.525. The Morgan fingerprint density at radius 2 is 1.79 bits per heavy atom. The van der Waals surface area contributed by atoms with Gasteiger partial charge in [0.15, 0.2) is 0 Å². The van der Waals surface area contributed by atoms with Crippen LogP contribution in [0.15, 0.2) is 30.3 Å². The lowest BCUT2D eigenvalue weighted by molar-refractivity contribution is -0.151. The Hall–Kier alpha value is -2.15. The molecule has 2 saturated heterocycles. The standard InChI is InChI=1S/C17H22FN3O3/c18-17(15(22)20-9-11-24-12-10-20)7-4-8-21(13-17)16(23)19-14-5-2-1-3-6-14/h1-3,5-6H,4,7-13H2,(H,19,23). The van der Waals surface area contributed by atoms with Gasteiger partial charge in [-0.2, -0.15) is 0 Å². The zero-order valence-electron chi connectivity index (χ0n) is 13.5. The lowest BCUT2D eigenvalue weighted by Crippen LogP contribution is -2.58. The SMILES string of the molecule is O=C(Nc1ccccc1)N1CCCC(F)(C(=O)N2CCOCC2)C1. The monoisotopic (exact) mass is 335 g/mol. The number of rotatable bonds is 2. The summed E-state index contributed by atoms with van der Waals surface area (Å²) in [7, 11) is 0. The molecule has 1 atom stereocenters. The number of nitrogens with one attached hydrogen (secondary N) is 1. The van der Waals surface area contributed by atoms with Gasteiger partial charge in [0, 0.05) is 25.3 Å². The highest BCUT2D eigenvalue weighted by Crippen LogP contribution is 2.28. The number of para-hydroxylation sites is 1. The fourth-order valence-corrected chi connectivity index (χ4v) is 3.13. The molecule has 0 aliphatic carbocycles. The van der Waals surface area contributed by atoms with Crippen LogP contribution >= 0.6 is 0 Å². The number of amides is 3. The number of ether oxygens (including phenoxy) is 1. The third kappa shape index (κ3) is 3.67. The molecule has 1 aromatic rings. The van der Waals surface area contributed by atoms with Crippen molar-refractivity contribution in [3.8, 4) is 0 Å². The number of hydrogen-bond donors (Lipinski definition) is 1. The molecule has 0 saturated carbocycles. The van der Waals surface area contributed by atoms with Crippen LogP contribution in [-0.4, -0.2) is 66.8 Å². The van der Waals surface area contributed by atoms with E-state index in [1.165, 1.54) is 9.80 Å². The first kappa shape index (κ1) is 16.7. The fraction of sp³-hybridized carbons (Fsp3) is 0.529. The van der Waals surface area contributed by atoms with Crippen LogP contribution in [0.3, 0.4) is 0 Å². The van der Waals surface area contributed by atoms with E-state index in [4.69, 9.17) is 4.74 Å². The third-order valence-electron chi connectivity index (χ3n) is 4.44. The van der Waals surface area contributed by atoms with Gasteiger partial charge in [-0.15, -0.1) is 0 Å². The quantitative estimate of drug-likeness (QED) is 0.898. The van der Waals surface area contributed by atoms with Crippen molar-refractivity contribution in [1.82, 2.24) is 9.80 Å². The summed E-state index contributed by atoms with van der Waals surface area (Å²) >= 11 is 0. The Labute approximate surface area is 140 Å². The molecule has 2 fully saturated rings. The Bertz CT molecular complexity index is 592. The number of nitrogens with zero attached hydrogens (tertiary/aromatic N) is 2. The largest absolute Gasteiger partial charge is 0.378 e. The minimum Gasteiger partial charge on any atom is -0.378 e. The van der Waals surface area contributed by atoms with Crippen LogP contribution in [0.1, 0.15) is 12.8 Å². The van der Waals surface area contributed by atoms with Gasteiger partial charge in [-0.05, 0) is 25.0 Å². The first-order valence-corrected chi connectivity index (χ1v) is 8.25. The molecule has 1 N–H and O–H groups in total. The van der Waals surface area contributed by atoms with E-state index in [1.54, 1.807) is 12.1 Å². The summed E-state index contributed by atoms with van der Waals surface area (Å²) in [5.41, 5.74) is -1.36. The summed E-state index contributed by atoms with van der Waals surface area (Å²) in [6.07, 6.45) is 0.618. The average molecular weight is 335 g/mol. The highest BCUT2D eigenvalue weighted by molar-refractivity contribution is 5.91. The van der Waals surface area contributed by atoms with Gasteiger partial charge >= 0.3 is 6.03 Å². The Morgan fingerprint density at radius 3 is 2.50 bits per heavy atom. The number of hydrogen-bond acceptors (Lipinski definition) is 3. The second-order valence-corrected chi connectivity index (χ2v) is 6.19. The van der Waals surface area contributed by atoms with Crippen LogP contribution in [0.25, 0.3) is 0 Å². The number of benzene rings is 1. The lowest BCUT2D eigenvalue weighted by atomic mass is 9.93. The van der Waals surface area contributed by atoms with Crippen molar-refractivity contribution in [2.45, 2.75) is 18.5 Å². The van der Waals surface area contributed by atoms with E-state index in [0.29, 0.717) is 45.0 Å². The van der Waals surface area contributed by atoms with E-state index in [1.807, 2.05) is 18.2 Å². The number of piperidine rings is 1. The molecule has 2 aliphatic heterocycles. The normalized spacial score (nSPS) is 24.5. The van der Waals surface area contributed by atoms with Crippen LogP contribution in [0, 0.1) is 0 Å². The molecule has 2 aliphatic rings. The van der Waals surface area contributed by atoms with Gasteiger partial charge in [0.1, 0.15) is 0 Å². The topological polar surface area (TPSA) is 61.9 Å². The molecule has 3 amide bonds. The minimum atomic E-state index is -2.01. The number of anilines is 1. The number of halogens is 1. The van der Waals surface area contributed by atoms with Crippen LogP contribution in [0.5, 0.6) is 0 Å². The van der Waals surface area contributed by atoms with E-state index < -0.39 is 11.6 Å². The van der Waals surface area contributed by atoms with Gasteiger partial charge < -0.3 is 19.9 Å². The summed E-state index contributed by atoms with van der Waals surface area (Å²) in [6.45, 7) is 1.91. The molecular formula is C17H22FN3O3. The predicted octanol–water partition coefficient (Wildman–Crippen LogP) is 1.88. The zero-order valence-corrected chi connectivity index (χ0v) is 13.5. The average Bonchev–Trinajstić information content (AvgIpc) is 2.62. The second-order valence-electron chi connectivity index (χ2n) is 6.19. The van der Waals surface area contributed by atoms with Gasteiger partial charge in [0.05, 0.1) is 19.8 Å². The molecule has 1 aromatic carbocycles. The van der Waals surface area contributed by atoms with Crippen LogP contribution in [0.2, 0.25) is 0 Å². The highest BCUT2D eigenvalue weighted by atomic mass is 19.1. The molecule has 0 radical (unpaired) electrons. The molecule has 1 unspecified atom stereocenters. The summed E-state index contributed by atoms with van der Waals surface area (Å²) in [5, 5.41) is 2.74. The number of carbonyl (C=O) groups excluding carboxylic acids is 2. The van der Waals surface area contributed by atoms with E-state index in [9.17, 15) is 9.59 Å². The predicted molar refractivity (Wildman–Crippen MR) is 87.5 cm³/mol. The highest BCUT2D eigenvalue weighted by Gasteiger charge is 2.46. The van der Waals surface area contributed by atoms with Gasteiger partial charge in [0.2, 0.25) is 5.67 Å². The van der Waals surface area contributed by atoms with Crippen molar-refractivity contribution in [3.05, 3.63) is 30.3 Å². The Balaban J connectivity index is 1.64. The zero-order chi connectivity index (χ0) is 17.0. The molecule has 7 heteroatoms. The minimum absolute atomic E-state index is 0.151. The number of alkyl halides is 1. The first-order valence-electron chi connectivity index (χ1n) is 8.25. The van der Waals surface area contributed by atoms with Crippen LogP contribution in [-0.2, 0) is 9.53 Å². The third-order valence-corrected chi connectivity index (χ3v) is 4.44. The number of morpholine rings is 1. The lowest BCUT2D eigenvalue weighted by Gasteiger charge is -2.39. The Morgan fingerprint density at radius 1 is 1.08 bits per heavy atom. The van der Waals surface area contributed by atoms with Gasteiger partial charge in [-0.3, -0.25) is 4.79 Å². The van der Waals surface area contributed by atoms with Gasteiger partial charge in [-0.1, -0.05) is 18.2 Å². The number of urea groups is 1. The van der Waals surface area contributed by atoms with E-state index in [2.05, 4.69) is 5.32 Å². The molecule has 0 spiro atoms. The first-order chi connectivity index (χ1) is 11.6. The smallest absolute Gasteiger partial charge is 0.321 e. The number of carbonyl (C=O) groups is 2. The fourth-order valence-electron chi connectivity index (χ4n) is 3.13. The van der Waals surface area contributed by atoms with Crippen molar-refractivity contribution >= 4 is 17.6 Å². The molecule has 6 nitrogen and oxygen atoms in total. The molecule has 130 valence electrons. The maximum Gasteiger partial charge on any atom is 0.321 e. The van der Waals surface area contributed by atoms with Crippen molar-refractivity contribution in [3.63, 3.8) is 0 Å². The number of likely N-dealkylation sites (tertiary alicyclic amines) is 1. The van der Waals surface area contributed by atoms with Gasteiger partial charge in [0.25, 0.3) is 5.91 Å². The molecule has 0 bridgehead atoms. The van der Waals surface area contributed by atoms with Crippen molar-refractivity contribution in [1.29, 1.82) is 0 Å². The van der Waals surface area contributed by atoms with Crippen molar-refractivity contribution < 1.29 is 18.7 Å². The van der Waals surface area contributed by atoms with Crippen LogP contribution in [0.4, 0.5) is 14.9 Å². The van der Waals surface area contributed by atoms with Gasteiger partial charge in [-0.25, -0.2) is 9.18 Å². The molecular weight excluding hydrogens is 313 g/mol. The Kier molecular flexibility index (Phi) is 4.99. The van der Waals surface area contributed by atoms with Crippen molar-refractivity contribution in [2.24, 2.45) is 0 Å². The van der Waals surface area contributed by atoms with E-state index in [0.717, 1.165) is 0 Å².